The SMILES string of the molecule is CCOC(=O)c1ccccc1NC(=O)C1CC1C(=O)NCc1cccc(C)c1. The summed E-state index contributed by atoms with van der Waals surface area (Å²) in [4.78, 5) is 36.8. The molecule has 1 aliphatic carbocycles. The molecule has 2 aromatic carbocycles. The largest absolute Gasteiger partial charge is 0.462 e. The Kier molecular flexibility index (Phi) is 6.09. The second-order valence-corrected chi connectivity index (χ2v) is 6.91. The summed E-state index contributed by atoms with van der Waals surface area (Å²) >= 11 is 0. The first kappa shape index (κ1) is 19.6. The van der Waals surface area contributed by atoms with Crippen molar-refractivity contribution < 1.29 is 19.1 Å². The third-order valence-electron chi connectivity index (χ3n) is 4.69. The van der Waals surface area contributed by atoms with E-state index in [1.807, 2.05) is 31.2 Å². The Bertz CT molecular complexity index is 894. The van der Waals surface area contributed by atoms with Crippen LogP contribution in [0.5, 0.6) is 0 Å². The Labute approximate surface area is 164 Å². The second-order valence-electron chi connectivity index (χ2n) is 6.91. The second kappa shape index (κ2) is 8.69. The van der Waals surface area contributed by atoms with Crippen molar-refractivity contribution in [3.8, 4) is 0 Å². The minimum atomic E-state index is -0.485. The maximum atomic E-state index is 12.5. The molecule has 146 valence electrons. The van der Waals surface area contributed by atoms with Gasteiger partial charge in [-0.25, -0.2) is 4.79 Å². The van der Waals surface area contributed by atoms with Gasteiger partial charge in [-0.2, -0.15) is 0 Å². The van der Waals surface area contributed by atoms with Crippen LogP contribution in [0.25, 0.3) is 0 Å². The first-order valence-electron chi connectivity index (χ1n) is 9.40. The number of para-hydroxylation sites is 1. The van der Waals surface area contributed by atoms with E-state index < -0.39 is 5.97 Å². The predicted octanol–water partition coefficient (Wildman–Crippen LogP) is 3.06. The van der Waals surface area contributed by atoms with Gasteiger partial charge in [0, 0.05) is 6.54 Å². The van der Waals surface area contributed by atoms with Crippen molar-refractivity contribution in [3.63, 3.8) is 0 Å². The highest BCUT2D eigenvalue weighted by molar-refractivity contribution is 6.04. The molecule has 0 heterocycles. The topological polar surface area (TPSA) is 84.5 Å². The number of ether oxygens (including phenoxy) is 1. The van der Waals surface area contributed by atoms with Crippen LogP contribution in [0.15, 0.2) is 48.5 Å². The van der Waals surface area contributed by atoms with Crippen molar-refractivity contribution in [1.29, 1.82) is 0 Å². The van der Waals surface area contributed by atoms with Crippen LogP contribution in [0.3, 0.4) is 0 Å². The lowest BCUT2D eigenvalue weighted by Crippen LogP contribution is -2.27. The lowest BCUT2D eigenvalue weighted by atomic mass is 10.1. The molecule has 6 nitrogen and oxygen atoms in total. The van der Waals surface area contributed by atoms with Crippen LogP contribution in [0.1, 0.15) is 34.8 Å². The number of hydrogen-bond donors (Lipinski definition) is 2. The number of benzene rings is 2. The fourth-order valence-corrected chi connectivity index (χ4v) is 3.12. The molecule has 6 heteroatoms. The van der Waals surface area contributed by atoms with Crippen molar-refractivity contribution in [3.05, 3.63) is 65.2 Å². The summed E-state index contributed by atoms with van der Waals surface area (Å²) in [7, 11) is 0. The number of anilines is 1. The summed E-state index contributed by atoms with van der Waals surface area (Å²) in [5.74, 6) is -1.58. The van der Waals surface area contributed by atoms with Gasteiger partial charge >= 0.3 is 5.97 Å². The van der Waals surface area contributed by atoms with Gasteiger partial charge in [0.25, 0.3) is 0 Å². The van der Waals surface area contributed by atoms with E-state index in [9.17, 15) is 14.4 Å². The van der Waals surface area contributed by atoms with Crippen LogP contribution in [0.4, 0.5) is 5.69 Å². The maximum Gasteiger partial charge on any atom is 0.340 e. The molecule has 0 radical (unpaired) electrons. The molecule has 0 saturated heterocycles. The van der Waals surface area contributed by atoms with E-state index >= 15 is 0 Å². The van der Waals surface area contributed by atoms with Gasteiger partial charge in [0.1, 0.15) is 0 Å². The Morgan fingerprint density at radius 2 is 1.79 bits per heavy atom. The normalized spacial score (nSPS) is 17.5. The first-order chi connectivity index (χ1) is 13.5. The van der Waals surface area contributed by atoms with Crippen LogP contribution in [-0.4, -0.2) is 24.4 Å². The Morgan fingerprint density at radius 1 is 1.04 bits per heavy atom. The van der Waals surface area contributed by atoms with E-state index in [-0.39, 0.29) is 30.3 Å². The molecule has 3 rings (SSSR count). The summed E-state index contributed by atoms with van der Waals surface area (Å²) in [5.41, 5.74) is 2.87. The van der Waals surface area contributed by atoms with Gasteiger partial charge in [-0.1, -0.05) is 42.0 Å². The summed E-state index contributed by atoms with van der Waals surface area (Å²) in [6, 6.07) is 14.6. The Hall–Kier alpha value is -3.15. The van der Waals surface area contributed by atoms with Gasteiger partial charge in [0.2, 0.25) is 11.8 Å². The number of hydrogen-bond acceptors (Lipinski definition) is 4. The quantitative estimate of drug-likeness (QED) is 0.723. The molecule has 1 aliphatic rings. The molecular formula is C22H24N2O4. The summed E-state index contributed by atoms with van der Waals surface area (Å²) < 4.78 is 5.01. The summed E-state index contributed by atoms with van der Waals surface area (Å²) in [5, 5.41) is 5.65. The van der Waals surface area contributed by atoms with E-state index in [1.54, 1.807) is 31.2 Å². The van der Waals surface area contributed by atoms with E-state index in [4.69, 9.17) is 4.74 Å². The highest BCUT2D eigenvalue weighted by Crippen LogP contribution is 2.39. The summed E-state index contributed by atoms with van der Waals surface area (Å²) in [6.45, 7) is 4.42. The minimum Gasteiger partial charge on any atom is -0.462 e. The zero-order valence-corrected chi connectivity index (χ0v) is 16.0. The summed E-state index contributed by atoms with van der Waals surface area (Å²) in [6.07, 6.45) is 0.507. The average molecular weight is 380 g/mol. The third-order valence-corrected chi connectivity index (χ3v) is 4.69. The lowest BCUT2D eigenvalue weighted by Gasteiger charge is -2.10. The van der Waals surface area contributed by atoms with Gasteiger partial charge in [0.15, 0.2) is 0 Å². The molecule has 0 aromatic heterocycles. The molecule has 0 aliphatic heterocycles. The fraction of sp³-hybridized carbons (Fsp3) is 0.318. The zero-order valence-electron chi connectivity index (χ0n) is 16.0. The van der Waals surface area contributed by atoms with Crippen LogP contribution < -0.4 is 10.6 Å². The molecule has 0 bridgehead atoms. The van der Waals surface area contributed by atoms with Gasteiger partial charge in [-0.15, -0.1) is 0 Å². The molecule has 2 aromatic rings. The van der Waals surface area contributed by atoms with Crippen molar-refractivity contribution in [2.75, 3.05) is 11.9 Å². The number of rotatable bonds is 7. The van der Waals surface area contributed by atoms with E-state index in [2.05, 4.69) is 10.6 Å². The monoisotopic (exact) mass is 380 g/mol. The molecule has 28 heavy (non-hydrogen) atoms. The van der Waals surface area contributed by atoms with Crippen LogP contribution >= 0.6 is 0 Å². The Morgan fingerprint density at radius 3 is 2.54 bits per heavy atom. The molecular weight excluding hydrogens is 356 g/mol. The maximum absolute atomic E-state index is 12.5. The van der Waals surface area contributed by atoms with Gasteiger partial charge < -0.3 is 15.4 Å². The molecule has 2 N–H and O–H groups in total. The van der Waals surface area contributed by atoms with E-state index in [0.717, 1.165) is 11.1 Å². The highest BCUT2D eigenvalue weighted by Gasteiger charge is 2.48. The number of carbonyl (C=O) groups is 3. The number of amides is 2. The number of nitrogens with one attached hydrogen (secondary N) is 2. The highest BCUT2D eigenvalue weighted by atomic mass is 16.5. The van der Waals surface area contributed by atoms with E-state index in [0.29, 0.717) is 24.2 Å². The fourth-order valence-electron chi connectivity index (χ4n) is 3.12. The number of aryl methyl sites for hydroxylation is 1. The third kappa shape index (κ3) is 4.76. The molecule has 2 amide bonds. The smallest absolute Gasteiger partial charge is 0.340 e. The average Bonchev–Trinajstić information content (AvgIpc) is 3.48. The predicted molar refractivity (Wildman–Crippen MR) is 106 cm³/mol. The van der Waals surface area contributed by atoms with Gasteiger partial charge in [-0.05, 0) is 38.0 Å². The van der Waals surface area contributed by atoms with Crippen LogP contribution in [0, 0.1) is 18.8 Å². The van der Waals surface area contributed by atoms with Crippen molar-refractivity contribution in [2.24, 2.45) is 11.8 Å². The van der Waals surface area contributed by atoms with Gasteiger partial charge in [-0.3, -0.25) is 9.59 Å². The number of carbonyl (C=O) groups excluding carboxylic acids is 3. The molecule has 2 atom stereocenters. The first-order valence-corrected chi connectivity index (χ1v) is 9.40. The molecule has 1 saturated carbocycles. The van der Waals surface area contributed by atoms with Gasteiger partial charge in [0.05, 0.1) is 29.7 Å². The molecule has 0 spiro atoms. The van der Waals surface area contributed by atoms with Crippen molar-refractivity contribution in [1.82, 2.24) is 5.32 Å². The van der Waals surface area contributed by atoms with Crippen molar-refractivity contribution >= 4 is 23.5 Å². The minimum absolute atomic E-state index is 0.125. The lowest BCUT2D eigenvalue weighted by molar-refractivity contribution is -0.125. The standard InChI is InChI=1S/C22H24N2O4/c1-3-28-22(27)16-9-4-5-10-19(16)24-21(26)18-12-17(18)20(25)23-13-15-8-6-7-14(2)11-15/h4-11,17-18H,3,12-13H2,1-2H3,(H,23,25)(H,24,26). The number of esters is 1. The van der Waals surface area contributed by atoms with E-state index in [1.165, 1.54) is 0 Å². The molecule has 2 unspecified atom stereocenters. The molecule has 1 fully saturated rings. The Balaban J connectivity index is 1.54. The van der Waals surface area contributed by atoms with Crippen LogP contribution in [0.2, 0.25) is 0 Å². The zero-order chi connectivity index (χ0) is 20.1. The van der Waals surface area contributed by atoms with Crippen LogP contribution in [-0.2, 0) is 20.9 Å². The van der Waals surface area contributed by atoms with Crippen molar-refractivity contribution in [2.45, 2.75) is 26.8 Å².